The molecule has 11 nitrogen and oxygen atoms in total. The van der Waals surface area contributed by atoms with Crippen LogP contribution < -0.4 is 20.9 Å². The van der Waals surface area contributed by atoms with Crippen molar-refractivity contribution in [3.05, 3.63) is 52.7 Å². The van der Waals surface area contributed by atoms with Crippen LogP contribution >= 0.6 is 0 Å². The number of carbonyl (C=O) groups excluding carboxylic acids is 1. The molecule has 3 N–H and O–H groups in total. The zero-order valence-electron chi connectivity index (χ0n) is 18.0. The first-order valence-corrected chi connectivity index (χ1v) is 10.9. The summed E-state index contributed by atoms with van der Waals surface area (Å²) in [6.45, 7) is 3.53. The predicted molar refractivity (Wildman–Crippen MR) is 120 cm³/mol. The smallest absolute Gasteiger partial charge is 0.270 e. The molecule has 0 saturated carbocycles. The number of rotatable bonds is 7. The fraction of sp³-hybridized carbons (Fsp3) is 0.409. The molecule has 1 fully saturated rings. The Morgan fingerprint density at radius 1 is 1.18 bits per heavy atom. The number of pyridine rings is 2. The molecule has 0 aromatic carbocycles. The molecular formula is C22H25N7O4. The van der Waals surface area contributed by atoms with Gasteiger partial charge >= 0.3 is 0 Å². The monoisotopic (exact) mass is 451 g/mol. The summed E-state index contributed by atoms with van der Waals surface area (Å²) < 4.78 is 6.96. The number of aliphatic hydroxyl groups is 1. The molecule has 1 saturated heterocycles. The molecule has 2 unspecified atom stereocenters. The fourth-order valence-electron chi connectivity index (χ4n) is 4.27. The third-order valence-electron chi connectivity index (χ3n) is 5.97. The van der Waals surface area contributed by atoms with Crippen molar-refractivity contribution in [2.45, 2.75) is 19.2 Å². The second-order valence-electron chi connectivity index (χ2n) is 8.30. The molecule has 0 spiro atoms. The van der Waals surface area contributed by atoms with Crippen molar-refractivity contribution in [3.8, 4) is 5.75 Å². The van der Waals surface area contributed by atoms with Crippen LogP contribution in [0.15, 0.2) is 41.5 Å². The topological polar surface area (TPSA) is 134 Å². The minimum absolute atomic E-state index is 0.00484. The van der Waals surface area contributed by atoms with Gasteiger partial charge in [-0.25, -0.2) is 15.0 Å². The van der Waals surface area contributed by atoms with E-state index in [2.05, 4.69) is 30.5 Å². The molecule has 0 aliphatic carbocycles. The lowest BCUT2D eigenvalue weighted by atomic mass is 10.1. The summed E-state index contributed by atoms with van der Waals surface area (Å²) in [5.74, 6) is 0.851. The molecule has 3 aromatic heterocycles. The number of amides is 1. The Hall–Kier alpha value is -3.41. The Balaban J connectivity index is 1.14. The van der Waals surface area contributed by atoms with E-state index in [9.17, 15) is 14.7 Å². The van der Waals surface area contributed by atoms with Crippen molar-refractivity contribution in [1.82, 2.24) is 29.7 Å². The quantitative estimate of drug-likeness (QED) is 0.439. The average molecular weight is 451 g/mol. The Kier molecular flexibility index (Phi) is 5.99. The lowest BCUT2D eigenvalue weighted by molar-refractivity contribution is -0.118. The molecule has 172 valence electrons. The number of ether oxygens (including phenoxy) is 1. The van der Waals surface area contributed by atoms with Gasteiger partial charge in [0.05, 0.1) is 18.0 Å². The van der Waals surface area contributed by atoms with E-state index in [0.29, 0.717) is 55.5 Å². The van der Waals surface area contributed by atoms with E-state index in [1.165, 1.54) is 6.20 Å². The molecule has 2 aliphatic heterocycles. The molecule has 5 heterocycles. The van der Waals surface area contributed by atoms with E-state index in [0.717, 1.165) is 12.2 Å². The van der Waals surface area contributed by atoms with Gasteiger partial charge in [-0.2, -0.15) is 0 Å². The highest BCUT2D eigenvalue weighted by Crippen LogP contribution is 2.25. The summed E-state index contributed by atoms with van der Waals surface area (Å²) in [7, 11) is 0. The third-order valence-corrected chi connectivity index (χ3v) is 5.97. The van der Waals surface area contributed by atoms with E-state index < -0.39 is 6.10 Å². The molecule has 5 rings (SSSR count). The second-order valence-corrected chi connectivity index (χ2v) is 8.30. The number of nitrogens with one attached hydrogen (secondary N) is 2. The van der Waals surface area contributed by atoms with Gasteiger partial charge in [-0.3, -0.25) is 19.1 Å². The van der Waals surface area contributed by atoms with Crippen molar-refractivity contribution in [1.29, 1.82) is 0 Å². The summed E-state index contributed by atoms with van der Waals surface area (Å²) in [5.41, 5.74) is 1.85. The number of fused-ring (bicyclic) bond motifs is 2. The van der Waals surface area contributed by atoms with Crippen LogP contribution in [0.4, 0.5) is 5.82 Å². The number of hydrogen-bond acceptors (Lipinski definition) is 9. The van der Waals surface area contributed by atoms with Crippen LogP contribution in [0.2, 0.25) is 0 Å². The van der Waals surface area contributed by atoms with Crippen molar-refractivity contribution in [2.24, 2.45) is 5.92 Å². The normalized spacial score (nSPS) is 20.5. The lowest BCUT2D eigenvalue weighted by Gasteiger charge is -2.18. The maximum atomic E-state index is 12.3. The van der Waals surface area contributed by atoms with Gasteiger partial charge in [-0.1, -0.05) is 0 Å². The van der Waals surface area contributed by atoms with Crippen molar-refractivity contribution in [3.63, 3.8) is 0 Å². The van der Waals surface area contributed by atoms with Crippen molar-refractivity contribution < 1.29 is 14.6 Å². The highest BCUT2D eigenvalue weighted by Gasteiger charge is 2.30. The number of aliphatic hydroxyl groups excluding tert-OH is 1. The average Bonchev–Trinajstić information content (AvgIpc) is 3.17. The van der Waals surface area contributed by atoms with Gasteiger partial charge in [0.25, 0.3) is 11.5 Å². The Morgan fingerprint density at radius 3 is 3.00 bits per heavy atom. The Morgan fingerprint density at radius 2 is 2.09 bits per heavy atom. The number of aromatic nitrogens is 4. The van der Waals surface area contributed by atoms with Crippen LogP contribution in [0.1, 0.15) is 5.69 Å². The number of anilines is 1. The first kappa shape index (κ1) is 21.4. The van der Waals surface area contributed by atoms with Crippen LogP contribution in [-0.4, -0.2) is 74.3 Å². The van der Waals surface area contributed by atoms with Crippen LogP contribution in [0.25, 0.3) is 11.2 Å². The largest absolute Gasteiger partial charge is 0.480 e. The second kappa shape index (κ2) is 9.22. The molecule has 2 aliphatic rings. The zero-order valence-corrected chi connectivity index (χ0v) is 18.0. The third kappa shape index (κ3) is 4.70. The SMILES string of the molecule is O=C1COc2ccc(CNCC3CN(CCn4c(=O)cnc5cccnc54)CC3O)nc2N1. The Bertz CT molecular complexity index is 1230. The molecule has 3 aromatic rings. The van der Waals surface area contributed by atoms with Crippen LogP contribution in [0.5, 0.6) is 5.75 Å². The number of likely N-dealkylation sites (tertiary alicyclic amines) is 1. The van der Waals surface area contributed by atoms with E-state index in [1.807, 2.05) is 12.1 Å². The van der Waals surface area contributed by atoms with E-state index in [-0.39, 0.29) is 24.0 Å². The molecule has 1 amide bonds. The molecule has 11 heteroatoms. The summed E-state index contributed by atoms with van der Waals surface area (Å²) in [5, 5.41) is 16.6. The van der Waals surface area contributed by atoms with Crippen LogP contribution in [0, 0.1) is 5.92 Å². The summed E-state index contributed by atoms with van der Waals surface area (Å²) >= 11 is 0. The molecule has 0 bridgehead atoms. The molecule has 33 heavy (non-hydrogen) atoms. The number of β-amino-alcohol motifs (C(OH)–C–C–N with tert-alkyl or cyclic N) is 1. The zero-order chi connectivity index (χ0) is 22.8. The van der Waals surface area contributed by atoms with E-state index in [1.54, 1.807) is 22.9 Å². The van der Waals surface area contributed by atoms with Gasteiger partial charge in [-0.05, 0) is 24.3 Å². The summed E-state index contributed by atoms with van der Waals surface area (Å²) in [6, 6.07) is 7.27. The highest BCUT2D eigenvalue weighted by atomic mass is 16.5. The molecule has 2 atom stereocenters. The van der Waals surface area contributed by atoms with Crippen LogP contribution in [0.3, 0.4) is 0 Å². The van der Waals surface area contributed by atoms with Gasteiger partial charge in [0.1, 0.15) is 5.52 Å². The van der Waals surface area contributed by atoms with Gasteiger partial charge in [0.2, 0.25) is 0 Å². The van der Waals surface area contributed by atoms with Crippen molar-refractivity contribution in [2.75, 3.05) is 38.1 Å². The predicted octanol–water partition coefficient (Wildman–Crippen LogP) is -0.400. The maximum Gasteiger partial charge on any atom is 0.270 e. The van der Waals surface area contributed by atoms with Gasteiger partial charge in [0.15, 0.2) is 23.8 Å². The van der Waals surface area contributed by atoms with Gasteiger partial charge < -0.3 is 20.5 Å². The van der Waals surface area contributed by atoms with Gasteiger partial charge in [0, 0.05) is 51.4 Å². The van der Waals surface area contributed by atoms with E-state index >= 15 is 0 Å². The number of carbonyl (C=O) groups is 1. The summed E-state index contributed by atoms with van der Waals surface area (Å²) in [6.07, 6.45) is 2.52. The molecular weight excluding hydrogens is 426 g/mol. The number of hydrogen-bond donors (Lipinski definition) is 3. The number of nitrogens with zero attached hydrogens (tertiary/aromatic N) is 5. The molecule has 0 radical (unpaired) electrons. The first-order chi connectivity index (χ1) is 16.1. The first-order valence-electron chi connectivity index (χ1n) is 10.9. The standard InChI is InChI=1S/C22H25N7O4/c30-17-12-28(6-7-29-20(32)10-25-16-2-1-5-24-22(16)29)11-14(17)8-23-9-15-3-4-18-21(26-15)27-19(31)13-33-18/h1-5,10,14,17,23,30H,6-9,11-13H2,(H,26,27,31). The Labute approximate surface area is 189 Å². The summed E-state index contributed by atoms with van der Waals surface area (Å²) in [4.78, 5) is 38.8. The lowest BCUT2D eigenvalue weighted by Crippen LogP contribution is -2.32. The van der Waals surface area contributed by atoms with Crippen molar-refractivity contribution >= 4 is 22.9 Å². The maximum absolute atomic E-state index is 12.3. The minimum Gasteiger partial charge on any atom is -0.480 e. The highest BCUT2D eigenvalue weighted by molar-refractivity contribution is 5.94. The van der Waals surface area contributed by atoms with E-state index in [4.69, 9.17) is 4.74 Å². The van der Waals surface area contributed by atoms with Crippen LogP contribution in [-0.2, 0) is 17.9 Å². The fourth-order valence-corrected chi connectivity index (χ4v) is 4.27. The van der Waals surface area contributed by atoms with Gasteiger partial charge in [-0.15, -0.1) is 0 Å². The minimum atomic E-state index is -0.453.